The molecule has 1 atom stereocenters. The number of hydrogen-bond acceptors (Lipinski definition) is 6. The molecule has 3 aromatic heterocycles. The van der Waals surface area contributed by atoms with Crippen LogP contribution in [0.25, 0.3) is 28.3 Å². The first-order chi connectivity index (χ1) is 14.6. The number of aromatic amines is 1. The molecular formula is C22H24N8. The van der Waals surface area contributed by atoms with E-state index in [1.807, 2.05) is 31.3 Å². The Bertz CT molecular complexity index is 1190. The average Bonchev–Trinajstić information content (AvgIpc) is 3.40. The van der Waals surface area contributed by atoms with Gasteiger partial charge >= 0.3 is 0 Å². The van der Waals surface area contributed by atoms with Crippen LogP contribution >= 0.6 is 0 Å². The van der Waals surface area contributed by atoms with Crippen molar-refractivity contribution >= 4 is 5.82 Å². The minimum Gasteiger partial charge on any atom is -0.342 e. The predicted molar refractivity (Wildman–Crippen MR) is 115 cm³/mol. The third kappa shape index (κ3) is 2.71. The van der Waals surface area contributed by atoms with Crippen molar-refractivity contribution in [3.63, 3.8) is 0 Å². The largest absolute Gasteiger partial charge is 0.342 e. The summed E-state index contributed by atoms with van der Waals surface area (Å²) in [6.45, 7) is 8.50. The second-order valence-electron chi connectivity index (χ2n) is 7.79. The van der Waals surface area contributed by atoms with E-state index in [-0.39, 0.29) is 12.1 Å². The van der Waals surface area contributed by atoms with Crippen molar-refractivity contribution in [3.05, 3.63) is 54.4 Å². The van der Waals surface area contributed by atoms with E-state index in [0.717, 1.165) is 46.4 Å². The molecule has 1 N–H and O–H groups in total. The Hall–Kier alpha value is -3.55. The Morgan fingerprint density at radius 2 is 1.90 bits per heavy atom. The van der Waals surface area contributed by atoms with E-state index in [9.17, 15) is 0 Å². The standard InChI is InChI=1S/C22H24N8/c1-5-17-22-28-26-14(4)30(22)18-12-23-20(25-21(18)29(17)13(2)3)16-11-24-27-19(16)15-9-7-6-8-10-15/h6-13,17H,5H2,1-4H3,(H,24,27). The summed E-state index contributed by atoms with van der Waals surface area (Å²) in [5.74, 6) is 3.34. The molecule has 0 aliphatic carbocycles. The maximum atomic E-state index is 5.04. The van der Waals surface area contributed by atoms with Crippen molar-refractivity contribution in [2.75, 3.05) is 4.90 Å². The molecule has 5 rings (SSSR count). The molecule has 1 aliphatic rings. The summed E-state index contributed by atoms with van der Waals surface area (Å²) in [7, 11) is 0. The zero-order valence-electron chi connectivity index (χ0n) is 17.5. The van der Waals surface area contributed by atoms with E-state index in [2.05, 4.69) is 62.8 Å². The van der Waals surface area contributed by atoms with Crippen LogP contribution in [-0.2, 0) is 0 Å². The van der Waals surface area contributed by atoms with Gasteiger partial charge in [-0.05, 0) is 27.2 Å². The first-order valence-corrected chi connectivity index (χ1v) is 10.3. The van der Waals surface area contributed by atoms with Crippen molar-refractivity contribution in [2.24, 2.45) is 0 Å². The minimum atomic E-state index is 0.111. The van der Waals surface area contributed by atoms with Crippen molar-refractivity contribution in [1.82, 2.24) is 34.9 Å². The Morgan fingerprint density at radius 3 is 2.63 bits per heavy atom. The van der Waals surface area contributed by atoms with Gasteiger partial charge in [0.15, 0.2) is 17.5 Å². The lowest BCUT2D eigenvalue weighted by molar-refractivity contribution is 0.496. The van der Waals surface area contributed by atoms with Gasteiger partial charge in [-0.2, -0.15) is 5.10 Å². The molecule has 0 saturated carbocycles. The highest BCUT2D eigenvalue weighted by molar-refractivity contribution is 5.78. The van der Waals surface area contributed by atoms with Crippen molar-refractivity contribution < 1.29 is 0 Å². The zero-order valence-corrected chi connectivity index (χ0v) is 17.5. The molecule has 4 heterocycles. The lowest BCUT2D eigenvalue weighted by Gasteiger charge is -2.39. The van der Waals surface area contributed by atoms with E-state index < -0.39 is 0 Å². The highest BCUT2D eigenvalue weighted by Gasteiger charge is 2.36. The third-order valence-corrected chi connectivity index (χ3v) is 5.60. The summed E-state index contributed by atoms with van der Waals surface area (Å²) in [4.78, 5) is 12.1. The van der Waals surface area contributed by atoms with Gasteiger partial charge in [0.25, 0.3) is 0 Å². The van der Waals surface area contributed by atoms with Crippen molar-refractivity contribution in [3.8, 4) is 28.3 Å². The van der Waals surface area contributed by atoms with Crippen LogP contribution in [0, 0.1) is 6.92 Å². The molecule has 8 nitrogen and oxygen atoms in total. The van der Waals surface area contributed by atoms with Crippen molar-refractivity contribution in [1.29, 1.82) is 0 Å². The predicted octanol–water partition coefficient (Wildman–Crippen LogP) is 4.10. The number of rotatable bonds is 4. The summed E-state index contributed by atoms with van der Waals surface area (Å²) in [5.41, 5.74) is 3.76. The van der Waals surface area contributed by atoms with Gasteiger partial charge in [0, 0.05) is 11.6 Å². The fraction of sp³-hybridized carbons (Fsp3) is 0.318. The molecule has 0 fully saturated rings. The number of fused-ring (bicyclic) bond motifs is 3. The van der Waals surface area contributed by atoms with Crippen LogP contribution in [0.1, 0.15) is 44.9 Å². The summed E-state index contributed by atoms with van der Waals surface area (Å²) in [6, 6.07) is 10.5. The molecule has 8 heteroatoms. The summed E-state index contributed by atoms with van der Waals surface area (Å²) >= 11 is 0. The van der Waals surface area contributed by atoms with E-state index in [4.69, 9.17) is 9.97 Å². The van der Waals surface area contributed by atoms with Gasteiger partial charge in [-0.25, -0.2) is 9.97 Å². The fourth-order valence-electron chi connectivity index (χ4n) is 4.27. The van der Waals surface area contributed by atoms with Crippen molar-refractivity contribution in [2.45, 2.75) is 46.2 Å². The van der Waals surface area contributed by atoms with E-state index >= 15 is 0 Å². The molecule has 0 bridgehead atoms. The average molecular weight is 400 g/mol. The van der Waals surface area contributed by atoms with E-state index in [0.29, 0.717) is 5.82 Å². The molecule has 4 aromatic rings. The quantitative estimate of drug-likeness (QED) is 0.555. The molecule has 1 aromatic carbocycles. The number of anilines is 1. The monoisotopic (exact) mass is 400 g/mol. The summed E-state index contributed by atoms with van der Waals surface area (Å²) < 4.78 is 2.08. The highest BCUT2D eigenvalue weighted by atomic mass is 15.4. The number of H-pyrrole nitrogens is 1. The fourth-order valence-corrected chi connectivity index (χ4v) is 4.27. The van der Waals surface area contributed by atoms with Crippen LogP contribution in [0.15, 0.2) is 42.7 Å². The number of nitrogens with zero attached hydrogens (tertiary/aromatic N) is 7. The lowest BCUT2D eigenvalue weighted by atomic mass is 10.1. The highest BCUT2D eigenvalue weighted by Crippen LogP contribution is 2.41. The molecule has 0 radical (unpaired) electrons. The topological polar surface area (TPSA) is 88.4 Å². The number of nitrogens with one attached hydrogen (secondary N) is 1. The third-order valence-electron chi connectivity index (χ3n) is 5.60. The summed E-state index contributed by atoms with van der Waals surface area (Å²) in [5, 5.41) is 16.2. The molecular weight excluding hydrogens is 376 g/mol. The van der Waals surface area contributed by atoms with Crippen LogP contribution in [0.4, 0.5) is 5.82 Å². The van der Waals surface area contributed by atoms with Crippen LogP contribution in [0.2, 0.25) is 0 Å². The van der Waals surface area contributed by atoms with Gasteiger partial charge in [0.2, 0.25) is 0 Å². The summed E-state index contributed by atoms with van der Waals surface area (Å²) in [6.07, 6.45) is 4.58. The SMILES string of the molecule is CCC1c2nnc(C)n2-c2cnc(-c3cn[nH]c3-c3ccccc3)nc2N1C(C)C. The first kappa shape index (κ1) is 18.5. The van der Waals surface area contributed by atoms with Crippen LogP contribution in [0.5, 0.6) is 0 Å². The Labute approximate surface area is 175 Å². The minimum absolute atomic E-state index is 0.111. The lowest BCUT2D eigenvalue weighted by Crippen LogP contribution is -2.40. The second kappa shape index (κ2) is 7.05. The van der Waals surface area contributed by atoms with Gasteiger partial charge in [-0.15, -0.1) is 10.2 Å². The van der Waals surface area contributed by atoms with Gasteiger partial charge in [-0.1, -0.05) is 37.3 Å². The number of aryl methyl sites for hydroxylation is 1. The second-order valence-corrected chi connectivity index (χ2v) is 7.79. The zero-order chi connectivity index (χ0) is 20.8. The number of benzene rings is 1. The van der Waals surface area contributed by atoms with Gasteiger partial charge in [0.05, 0.1) is 29.7 Å². The molecule has 30 heavy (non-hydrogen) atoms. The smallest absolute Gasteiger partial charge is 0.165 e. The number of hydrogen-bond donors (Lipinski definition) is 1. The Kier molecular flexibility index (Phi) is 4.34. The van der Waals surface area contributed by atoms with E-state index in [1.165, 1.54) is 0 Å². The normalized spacial score (nSPS) is 15.4. The first-order valence-electron chi connectivity index (χ1n) is 10.3. The Morgan fingerprint density at radius 1 is 1.10 bits per heavy atom. The molecule has 1 unspecified atom stereocenters. The Balaban J connectivity index is 1.70. The molecule has 152 valence electrons. The maximum Gasteiger partial charge on any atom is 0.165 e. The van der Waals surface area contributed by atoms with E-state index in [1.54, 1.807) is 6.20 Å². The molecule has 1 aliphatic heterocycles. The van der Waals surface area contributed by atoms with Crippen LogP contribution < -0.4 is 4.90 Å². The maximum absolute atomic E-state index is 5.04. The van der Waals surface area contributed by atoms with Gasteiger partial charge in [-0.3, -0.25) is 9.67 Å². The van der Waals surface area contributed by atoms with Crippen LogP contribution in [0.3, 0.4) is 0 Å². The van der Waals surface area contributed by atoms with Crippen LogP contribution in [-0.4, -0.2) is 41.0 Å². The number of aromatic nitrogens is 7. The molecule has 0 spiro atoms. The molecule has 0 saturated heterocycles. The van der Waals surface area contributed by atoms with Gasteiger partial charge in [0.1, 0.15) is 11.5 Å². The molecule has 0 amide bonds. The van der Waals surface area contributed by atoms with Gasteiger partial charge < -0.3 is 4.90 Å².